The lowest BCUT2D eigenvalue weighted by atomic mass is 9.65. The maximum Gasteiger partial charge on any atom is 0.0754 e. The van der Waals surface area contributed by atoms with Crippen molar-refractivity contribution in [3.63, 3.8) is 0 Å². The topological polar surface area (TPSA) is 8.17 Å². The summed E-state index contributed by atoms with van der Waals surface area (Å²) in [4.78, 5) is 2.34. The van der Waals surface area contributed by atoms with Crippen LogP contribution in [-0.4, -0.2) is 22.6 Å². The van der Waals surface area contributed by atoms with Gasteiger partial charge in [-0.1, -0.05) is 135 Å². The number of allylic oxidation sites excluding steroid dienone is 2. The number of rotatable bonds is 3. The summed E-state index contributed by atoms with van der Waals surface area (Å²) in [5.41, 5.74) is 13.6. The summed E-state index contributed by atoms with van der Waals surface area (Å²) in [5.74, 6) is 0.416. The van der Waals surface area contributed by atoms with E-state index in [0.29, 0.717) is 5.92 Å². The fourth-order valence-corrected chi connectivity index (χ4v) is 8.32. The van der Waals surface area contributed by atoms with Crippen molar-refractivity contribution in [3.8, 4) is 16.8 Å². The number of likely N-dealkylation sites (N-methyl/N-ethyl adjacent to an activating group) is 1. The van der Waals surface area contributed by atoms with Gasteiger partial charge in [-0.25, -0.2) is 0 Å². The molecule has 206 valence electrons. The van der Waals surface area contributed by atoms with Gasteiger partial charge in [0.2, 0.25) is 0 Å². The molecular formula is C41H32N2. The van der Waals surface area contributed by atoms with E-state index < -0.39 is 5.41 Å². The average molecular weight is 553 g/mol. The minimum atomic E-state index is -0.413. The first-order chi connectivity index (χ1) is 21.1. The van der Waals surface area contributed by atoms with E-state index in [1.807, 2.05) is 0 Å². The second-order valence-corrected chi connectivity index (χ2v) is 12.3. The number of aromatic nitrogens is 1. The van der Waals surface area contributed by atoms with Gasteiger partial charge in [-0.3, -0.25) is 0 Å². The molecule has 0 amide bonds. The Morgan fingerprint density at radius 1 is 0.698 bits per heavy atom. The van der Waals surface area contributed by atoms with Gasteiger partial charge in [0.15, 0.2) is 0 Å². The van der Waals surface area contributed by atoms with Gasteiger partial charge in [-0.2, -0.15) is 0 Å². The van der Waals surface area contributed by atoms with Crippen molar-refractivity contribution in [2.75, 3.05) is 7.05 Å². The van der Waals surface area contributed by atoms with Gasteiger partial charge >= 0.3 is 0 Å². The van der Waals surface area contributed by atoms with Crippen molar-refractivity contribution in [1.29, 1.82) is 0 Å². The van der Waals surface area contributed by atoms with Gasteiger partial charge < -0.3 is 9.47 Å². The zero-order valence-electron chi connectivity index (χ0n) is 24.5. The molecule has 2 atom stereocenters. The van der Waals surface area contributed by atoms with E-state index in [1.165, 1.54) is 60.9 Å². The van der Waals surface area contributed by atoms with Crippen molar-refractivity contribution in [2.24, 2.45) is 5.92 Å². The van der Waals surface area contributed by atoms with Crippen molar-refractivity contribution >= 4 is 27.5 Å². The molecule has 2 heterocycles. The Hall–Kier alpha value is -5.08. The van der Waals surface area contributed by atoms with Gasteiger partial charge in [0.25, 0.3) is 0 Å². The van der Waals surface area contributed by atoms with Crippen molar-refractivity contribution < 1.29 is 0 Å². The van der Waals surface area contributed by atoms with Gasteiger partial charge in [-0.15, -0.1) is 0 Å². The Balaban J connectivity index is 1.39. The highest BCUT2D eigenvalue weighted by Crippen LogP contribution is 2.61. The molecule has 2 aliphatic carbocycles. The molecular weight excluding hydrogens is 520 g/mol. The van der Waals surface area contributed by atoms with Gasteiger partial charge in [-0.05, 0) is 57.0 Å². The Bertz CT molecular complexity index is 2160. The van der Waals surface area contributed by atoms with Crippen LogP contribution in [0.1, 0.15) is 34.7 Å². The van der Waals surface area contributed by atoms with Gasteiger partial charge in [0.05, 0.1) is 28.2 Å². The van der Waals surface area contributed by atoms with E-state index in [4.69, 9.17) is 0 Å². The minimum Gasteiger partial charge on any atom is -0.368 e. The first-order valence-electron chi connectivity index (χ1n) is 15.2. The molecule has 1 aliphatic heterocycles. The monoisotopic (exact) mass is 552 g/mol. The summed E-state index contributed by atoms with van der Waals surface area (Å²) in [6.07, 6.45) is 8.86. The Labute approximate surface area is 252 Å². The van der Waals surface area contributed by atoms with Gasteiger partial charge in [0, 0.05) is 23.5 Å². The van der Waals surface area contributed by atoms with Crippen LogP contribution in [0.2, 0.25) is 0 Å². The summed E-state index contributed by atoms with van der Waals surface area (Å²) in [5, 5.41) is 2.59. The molecule has 9 rings (SSSR count). The lowest BCUT2D eigenvalue weighted by Gasteiger charge is -2.40. The Kier molecular flexibility index (Phi) is 4.97. The molecule has 2 nitrogen and oxygen atoms in total. The number of fused-ring (bicyclic) bond motifs is 12. The zero-order chi connectivity index (χ0) is 28.9. The molecule has 3 aliphatic rings. The smallest absolute Gasteiger partial charge is 0.0754 e. The number of benzene rings is 5. The van der Waals surface area contributed by atoms with Gasteiger partial charge in [0.1, 0.15) is 0 Å². The standard InChI is InChI=1S/C41H32N2/c1-26-13-4-10-21-37(26)42(3)27(2)28-23-24-35-39(25-28)43-38-22-11-7-16-31(38)32-17-12-20-36(40(32)43)41(35)33-18-8-5-14-29(33)30-15-6-9-19-34(30)41/h4-26,37H,2H2,1,3H3. The summed E-state index contributed by atoms with van der Waals surface area (Å²) in [6.45, 7) is 6.92. The quantitative estimate of drug-likeness (QED) is 0.212. The van der Waals surface area contributed by atoms with E-state index in [0.717, 1.165) is 11.3 Å². The van der Waals surface area contributed by atoms with Crippen molar-refractivity contribution in [2.45, 2.75) is 18.4 Å². The Morgan fingerprint density at radius 2 is 1.35 bits per heavy atom. The van der Waals surface area contributed by atoms with Crippen LogP contribution >= 0.6 is 0 Å². The van der Waals surface area contributed by atoms with Crippen molar-refractivity contribution in [1.82, 2.24) is 9.47 Å². The maximum absolute atomic E-state index is 4.65. The second-order valence-electron chi connectivity index (χ2n) is 12.3. The third-order valence-electron chi connectivity index (χ3n) is 10.3. The number of hydrogen-bond donors (Lipinski definition) is 0. The summed E-state index contributed by atoms with van der Waals surface area (Å²) >= 11 is 0. The molecule has 0 N–H and O–H groups in total. The summed E-state index contributed by atoms with van der Waals surface area (Å²) < 4.78 is 2.52. The highest BCUT2D eigenvalue weighted by molar-refractivity contribution is 6.12. The molecule has 1 aromatic heterocycles. The van der Waals surface area contributed by atoms with Crippen LogP contribution in [0.25, 0.3) is 44.3 Å². The van der Waals surface area contributed by atoms with E-state index in [1.54, 1.807) is 0 Å². The molecule has 2 unspecified atom stereocenters. The SMILES string of the molecule is C=C(c1ccc2c(c1)-n1c3ccccc3c3cccc(c31)C21c2ccccc2-c2ccccc21)N(C)C1C=CC=CC1C. The first-order valence-corrected chi connectivity index (χ1v) is 15.2. The van der Waals surface area contributed by atoms with Crippen LogP contribution in [0.5, 0.6) is 0 Å². The lowest BCUT2D eigenvalue weighted by molar-refractivity contribution is 0.345. The van der Waals surface area contributed by atoms with E-state index in [9.17, 15) is 0 Å². The highest BCUT2D eigenvalue weighted by atomic mass is 15.1. The van der Waals surface area contributed by atoms with E-state index >= 15 is 0 Å². The molecule has 0 saturated heterocycles. The lowest BCUT2D eigenvalue weighted by Crippen LogP contribution is -2.35. The third kappa shape index (κ3) is 3.03. The summed E-state index contributed by atoms with van der Waals surface area (Å²) in [7, 11) is 2.18. The first kappa shape index (κ1) is 24.5. The molecule has 0 bridgehead atoms. The molecule has 2 heteroatoms. The van der Waals surface area contributed by atoms with Crippen LogP contribution in [0.4, 0.5) is 0 Å². The molecule has 5 aromatic carbocycles. The predicted molar refractivity (Wildman–Crippen MR) is 180 cm³/mol. The number of nitrogens with zero attached hydrogens (tertiary/aromatic N) is 2. The number of para-hydroxylation sites is 2. The van der Waals surface area contributed by atoms with Crippen LogP contribution in [0.3, 0.4) is 0 Å². The minimum absolute atomic E-state index is 0.272. The normalized spacial score (nSPS) is 18.6. The predicted octanol–water partition coefficient (Wildman–Crippen LogP) is 9.49. The molecule has 0 fully saturated rings. The Morgan fingerprint density at radius 3 is 2.12 bits per heavy atom. The maximum atomic E-state index is 4.65. The van der Waals surface area contributed by atoms with Crippen LogP contribution in [0.15, 0.2) is 140 Å². The molecule has 0 saturated carbocycles. The average Bonchev–Trinajstić information content (AvgIpc) is 3.55. The van der Waals surface area contributed by atoms with Crippen LogP contribution in [0, 0.1) is 5.92 Å². The van der Waals surface area contributed by atoms with E-state index in [2.05, 4.69) is 164 Å². The number of hydrogen-bond acceptors (Lipinski definition) is 1. The molecule has 43 heavy (non-hydrogen) atoms. The van der Waals surface area contributed by atoms with Crippen LogP contribution in [-0.2, 0) is 5.41 Å². The molecule has 6 aromatic rings. The zero-order valence-corrected chi connectivity index (χ0v) is 24.5. The second kappa shape index (κ2) is 8.72. The van der Waals surface area contributed by atoms with Crippen molar-refractivity contribution in [3.05, 3.63) is 168 Å². The molecule has 1 spiro atoms. The van der Waals surface area contributed by atoms with E-state index in [-0.39, 0.29) is 6.04 Å². The highest BCUT2D eigenvalue weighted by Gasteiger charge is 2.50. The fraction of sp³-hybridized carbons (Fsp3) is 0.122. The largest absolute Gasteiger partial charge is 0.368 e. The third-order valence-corrected chi connectivity index (χ3v) is 10.3. The summed E-state index contributed by atoms with van der Waals surface area (Å²) in [6, 6.07) is 41.2. The molecule has 0 radical (unpaired) electrons. The van der Waals surface area contributed by atoms with Crippen LogP contribution < -0.4 is 0 Å². The fourth-order valence-electron chi connectivity index (χ4n) is 8.32.